The Labute approximate surface area is 139 Å². The predicted molar refractivity (Wildman–Crippen MR) is 90.2 cm³/mol. The molecule has 0 saturated heterocycles. The van der Waals surface area contributed by atoms with Crippen molar-refractivity contribution < 1.29 is 17.7 Å². The Morgan fingerprint density at radius 2 is 1.62 bits per heavy atom. The molecule has 0 fully saturated rings. The van der Waals surface area contributed by atoms with Crippen molar-refractivity contribution >= 4 is 15.7 Å². The monoisotopic (exact) mass is 345 g/mol. The van der Waals surface area contributed by atoms with Gasteiger partial charge in [-0.05, 0) is 48.5 Å². The summed E-state index contributed by atoms with van der Waals surface area (Å²) in [6.45, 7) is 0. The van der Waals surface area contributed by atoms with E-state index in [0.29, 0.717) is 23.0 Å². The van der Waals surface area contributed by atoms with Gasteiger partial charge in [-0.3, -0.25) is 4.72 Å². The summed E-state index contributed by atoms with van der Waals surface area (Å²) in [6, 6.07) is 14.0. The zero-order valence-corrected chi connectivity index (χ0v) is 13.9. The molecule has 3 aromatic rings. The zero-order chi connectivity index (χ0) is 17.2. The molecule has 0 saturated carbocycles. The number of rotatable bonds is 5. The molecule has 0 atom stereocenters. The van der Waals surface area contributed by atoms with E-state index in [0.717, 1.165) is 17.6 Å². The lowest BCUT2D eigenvalue weighted by Gasteiger charge is -2.03. The maximum Gasteiger partial charge on any atom is 0.258 e. The molecule has 1 heterocycles. The number of hydrogen-bond donors (Lipinski definition) is 1. The van der Waals surface area contributed by atoms with Gasteiger partial charge in [0, 0.05) is 16.8 Å². The Kier molecular flexibility index (Phi) is 4.22. The van der Waals surface area contributed by atoms with Gasteiger partial charge in [-0.1, -0.05) is 5.16 Å². The van der Waals surface area contributed by atoms with Crippen LogP contribution in [-0.2, 0) is 10.0 Å². The number of aromatic nitrogens is 2. The molecule has 7 nitrogen and oxygen atoms in total. The van der Waals surface area contributed by atoms with E-state index < -0.39 is 10.0 Å². The van der Waals surface area contributed by atoms with Crippen LogP contribution in [0.25, 0.3) is 22.8 Å². The van der Waals surface area contributed by atoms with E-state index in [9.17, 15) is 8.42 Å². The second-order valence-electron chi connectivity index (χ2n) is 5.10. The lowest BCUT2D eigenvalue weighted by atomic mass is 10.2. The Bertz CT molecular complexity index is 932. The Morgan fingerprint density at radius 3 is 2.21 bits per heavy atom. The van der Waals surface area contributed by atoms with Crippen LogP contribution in [0.1, 0.15) is 0 Å². The lowest BCUT2D eigenvalue weighted by Crippen LogP contribution is -2.09. The number of methoxy groups -OCH3 is 1. The second-order valence-corrected chi connectivity index (χ2v) is 6.85. The summed E-state index contributed by atoms with van der Waals surface area (Å²) >= 11 is 0. The van der Waals surface area contributed by atoms with Crippen molar-refractivity contribution in [1.29, 1.82) is 0 Å². The van der Waals surface area contributed by atoms with Gasteiger partial charge in [0.05, 0.1) is 13.4 Å². The first-order valence-corrected chi connectivity index (χ1v) is 8.90. The number of sulfonamides is 1. The minimum atomic E-state index is -3.30. The molecule has 1 aromatic heterocycles. The van der Waals surface area contributed by atoms with Crippen LogP contribution in [0.3, 0.4) is 0 Å². The van der Waals surface area contributed by atoms with Crippen molar-refractivity contribution in [3.05, 3.63) is 48.5 Å². The van der Waals surface area contributed by atoms with E-state index >= 15 is 0 Å². The Hall–Kier alpha value is -2.87. The normalized spacial score (nSPS) is 11.2. The molecule has 3 rings (SSSR count). The second kappa shape index (κ2) is 6.32. The SMILES string of the molecule is COc1ccc(-c2noc(-c3ccc(NS(C)(=O)=O)cc3)n2)cc1. The van der Waals surface area contributed by atoms with Crippen LogP contribution in [0.5, 0.6) is 5.75 Å². The summed E-state index contributed by atoms with van der Waals surface area (Å²) in [7, 11) is -1.70. The molecule has 1 N–H and O–H groups in total. The number of benzene rings is 2. The van der Waals surface area contributed by atoms with Crippen LogP contribution in [0, 0.1) is 0 Å². The molecule has 124 valence electrons. The number of nitrogens with one attached hydrogen (secondary N) is 1. The molecule has 0 aliphatic heterocycles. The average molecular weight is 345 g/mol. The van der Waals surface area contributed by atoms with E-state index in [1.807, 2.05) is 24.3 Å². The largest absolute Gasteiger partial charge is 0.497 e. The molecule has 8 heteroatoms. The van der Waals surface area contributed by atoms with Crippen molar-refractivity contribution in [3.8, 4) is 28.6 Å². The highest BCUT2D eigenvalue weighted by Gasteiger charge is 2.11. The molecule has 0 spiro atoms. The van der Waals surface area contributed by atoms with Crippen LogP contribution in [0.2, 0.25) is 0 Å². The first kappa shape index (κ1) is 16.0. The highest BCUT2D eigenvalue weighted by Crippen LogP contribution is 2.24. The van der Waals surface area contributed by atoms with Gasteiger partial charge in [-0.25, -0.2) is 8.42 Å². The van der Waals surface area contributed by atoms with E-state index in [2.05, 4.69) is 14.9 Å². The molecular formula is C16H15N3O4S. The first-order valence-electron chi connectivity index (χ1n) is 7.01. The topological polar surface area (TPSA) is 94.3 Å². The lowest BCUT2D eigenvalue weighted by molar-refractivity contribution is 0.415. The number of nitrogens with zero attached hydrogens (tertiary/aromatic N) is 2. The molecule has 24 heavy (non-hydrogen) atoms. The highest BCUT2D eigenvalue weighted by molar-refractivity contribution is 7.92. The maximum absolute atomic E-state index is 11.2. The van der Waals surface area contributed by atoms with Gasteiger partial charge >= 0.3 is 0 Å². The summed E-state index contributed by atoms with van der Waals surface area (Å²) in [6.07, 6.45) is 1.10. The fourth-order valence-electron chi connectivity index (χ4n) is 2.09. The minimum Gasteiger partial charge on any atom is -0.497 e. The van der Waals surface area contributed by atoms with Gasteiger partial charge in [0.2, 0.25) is 15.8 Å². The summed E-state index contributed by atoms with van der Waals surface area (Å²) in [4.78, 5) is 4.35. The van der Waals surface area contributed by atoms with E-state index in [1.54, 1.807) is 31.4 Å². The first-order chi connectivity index (χ1) is 11.4. The summed E-state index contributed by atoms with van der Waals surface area (Å²) in [5.74, 6) is 1.56. The molecule has 0 aliphatic rings. The summed E-state index contributed by atoms with van der Waals surface area (Å²) in [5, 5.41) is 3.96. The fourth-order valence-corrected chi connectivity index (χ4v) is 2.66. The van der Waals surface area contributed by atoms with Crippen molar-refractivity contribution in [2.45, 2.75) is 0 Å². The van der Waals surface area contributed by atoms with Gasteiger partial charge in [-0.15, -0.1) is 0 Å². The summed E-state index contributed by atoms with van der Waals surface area (Å²) < 4.78 is 35.2. The maximum atomic E-state index is 11.2. The number of anilines is 1. The zero-order valence-electron chi connectivity index (χ0n) is 13.1. The molecule has 0 amide bonds. The van der Waals surface area contributed by atoms with Crippen molar-refractivity contribution in [3.63, 3.8) is 0 Å². The van der Waals surface area contributed by atoms with E-state index in [1.165, 1.54) is 0 Å². The van der Waals surface area contributed by atoms with Crippen molar-refractivity contribution in [1.82, 2.24) is 10.1 Å². The molecule has 0 aliphatic carbocycles. The van der Waals surface area contributed by atoms with Crippen LogP contribution in [-0.4, -0.2) is 31.9 Å². The van der Waals surface area contributed by atoms with Crippen LogP contribution < -0.4 is 9.46 Å². The smallest absolute Gasteiger partial charge is 0.258 e. The molecular weight excluding hydrogens is 330 g/mol. The van der Waals surface area contributed by atoms with Crippen LogP contribution in [0.15, 0.2) is 53.1 Å². The number of ether oxygens (including phenoxy) is 1. The molecule has 0 bridgehead atoms. The van der Waals surface area contributed by atoms with Crippen molar-refractivity contribution in [2.75, 3.05) is 18.1 Å². The van der Waals surface area contributed by atoms with Gasteiger partial charge in [0.15, 0.2) is 0 Å². The molecule has 0 radical (unpaired) electrons. The standard InChI is InChI=1S/C16H15N3O4S/c1-22-14-9-5-11(6-10-14)15-17-16(23-18-15)12-3-7-13(8-4-12)19-24(2,20)21/h3-10,19H,1-2H3. The fraction of sp³-hybridized carbons (Fsp3) is 0.125. The highest BCUT2D eigenvalue weighted by atomic mass is 32.2. The van der Waals surface area contributed by atoms with E-state index in [-0.39, 0.29) is 0 Å². The van der Waals surface area contributed by atoms with Crippen LogP contribution >= 0.6 is 0 Å². The average Bonchev–Trinajstić information content (AvgIpc) is 3.04. The third-order valence-electron chi connectivity index (χ3n) is 3.21. The van der Waals surface area contributed by atoms with Crippen molar-refractivity contribution in [2.24, 2.45) is 0 Å². The minimum absolute atomic E-state index is 0.353. The van der Waals surface area contributed by atoms with Gasteiger partial charge in [0.25, 0.3) is 5.89 Å². The molecule has 0 unspecified atom stereocenters. The molecule has 2 aromatic carbocycles. The Balaban J connectivity index is 1.82. The third-order valence-corrected chi connectivity index (χ3v) is 3.82. The van der Waals surface area contributed by atoms with Gasteiger partial charge in [0.1, 0.15) is 5.75 Å². The van der Waals surface area contributed by atoms with E-state index in [4.69, 9.17) is 9.26 Å². The quantitative estimate of drug-likeness (QED) is 0.764. The number of hydrogen-bond acceptors (Lipinski definition) is 6. The third kappa shape index (κ3) is 3.72. The van der Waals surface area contributed by atoms with Gasteiger partial charge in [-0.2, -0.15) is 4.98 Å². The summed E-state index contributed by atoms with van der Waals surface area (Å²) in [5.41, 5.74) is 1.97. The Morgan fingerprint density at radius 1 is 1.00 bits per heavy atom. The van der Waals surface area contributed by atoms with Crippen LogP contribution in [0.4, 0.5) is 5.69 Å². The van der Waals surface area contributed by atoms with Gasteiger partial charge < -0.3 is 9.26 Å². The predicted octanol–water partition coefficient (Wildman–Crippen LogP) is 2.78.